The monoisotopic (exact) mass is 249 g/mol. The van der Waals surface area contributed by atoms with Crippen molar-refractivity contribution in [2.75, 3.05) is 11.4 Å². The van der Waals surface area contributed by atoms with E-state index in [0.717, 1.165) is 17.0 Å². The summed E-state index contributed by atoms with van der Waals surface area (Å²) in [6, 6.07) is 3.51. The van der Waals surface area contributed by atoms with E-state index in [1.807, 2.05) is 6.92 Å². The fourth-order valence-electron chi connectivity index (χ4n) is 1.96. The smallest absolute Gasteiger partial charge is 0.298 e. The third-order valence-corrected chi connectivity index (χ3v) is 2.80. The van der Waals surface area contributed by atoms with Gasteiger partial charge in [0.05, 0.1) is 17.8 Å². The first-order chi connectivity index (χ1) is 8.54. The van der Waals surface area contributed by atoms with Gasteiger partial charge in [-0.15, -0.1) is 0 Å². The fraction of sp³-hybridized carbons (Fsp3) is 0.308. The molecule has 0 bridgehead atoms. The summed E-state index contributed by atoms with van der Waals surface area (Å²) in [5.41, 5.74) is 0.347. The molecular weight excluding hydrogens is 237 g/mol. The van der Waals surface area contributed by atoms with E-state index in [9.17, 15) is 18.8 Å². The van der Waals surface area contributed by atoms with Crippen LogP contribution in [0.3, 0.4) is 0 Å². The van der Waals surface area contributed by atoms with E-state index in [0.29, 0.717) is 12.8 Å². The SMILES string of the molecule is CCCC(=O)CN1C(=O)C(=O)c2ccc(F)cc21. The first-order valence-corrected chi connectivity index (χ1v) is 5.72. The molecular formula is C13H12FNO3. The van der Waals surface area contributed by atoms with Crippen molar-refractivity contribution in [3.8, 4) is 0 Å². The normalized spacial score (nSPS) is 14.0. The molecule has 0 aliphatic carbocycles. The van der Waals surface area contributed by atoms with Gasteiger partial charge >= 0.3 is 0 Å². The van der Waals surface area contributed by atoms with Crippen LogP contribution in [-0.4, -0.2) is 24.0 Å². The number of carbonyl (C=O) groups excluding carboxylic acids is 3. The Balaban J connectivity index is 2.33. The summed E-state index contributed by atoms with van der Waals surface area (Å²) in [6.45, 7) is 1.68. The Morgan fingerprint density at radius 3 is 2.72 bits per heavy atom. The summed E-state index contributed by atoms with van der Waals surface area (Å²) in [7, 11) is 0. The zero-order chi connectivity index (χ0) is 13.3. The number of fused-ring (bicyclic) bond motifs is 1. The minimum Gasteiger partial charge on any atom is -0.298 e. The van der Waals surface area contributed by atoms with Crippen LogP contribution in [0.4, 0.5) is 10.1 Å². The van der Waals surface area contributed by atoms with Crippen LogP contribution < -0.4 is 4.90 Å². The summed E-state index contributed by atoms with van der Waals surface area (Å²) in [5, 5.41) is 0. The third kappa shape index (κ3) is 2.03. The number of hydrogen-bond acceptors (Lipinski definition) is 3. The topological polar surface area (TPSA) is 54.5 Å². The second-order valence-corrected chi connectivity index (χ2v) is 4.17. The summed E-state index contributed by atoms with van der Waals surface area (Å²) in [5.74, 6) is -2.13. The van der Waals surface area contributed by atoms with Crippen molar-refractivity contribution in [3.05, 3.63) is 29.6 Å². The van der Waals surface area contributed by atoms with E-state index < -0.39 is 17.5 Å². The number of amides is 1. The maximum atomic E-state index is 13.1. The molecule has 0 radical (unpaired) electrons. The van der Waals surface area contributed by atoms with Crippen molar-refractivity contribution >= 4 is 23.2 Å². The predicted molar refractivity (Wildman–Crippen MR) is 63.0 cm³/mol. The minimum absolute atomic E-state index is 0.143. The van der Waals surface area contributed by atoms with Gasteiger partial charge in [-0.25, -0.2) is 4.39 Å². The lowest BCUT2D eigenvalue weighted by atomic mass is 10.1. The molecule has 0 aromatic heterocycles. The van der Waals surface area contributed by atoms with Crippen LogP contribution in [0.15, 0.2) is 18.2 Å². The number of benzene rings is 1. The van der Waals surface area contributed by atoms with Crippen LogP contribution in [0.1, 0.15) is 30.1 Å². The van der Waals surface area contributed by atoms with Crippen molar-refractivity contribution in [1.82, 2.24) is 0 Å². The quantitative estimate of drug-likeness (QED) is 0.763. The van der Waals surface area contributed by atoms with E-state index in [1.54, 1.807) is 0 Å². The maximum Gasteiger partial charge on any atom is 0.299 e. The van der Waals surface area contributed by atoms with Crippen molar-refractivity contribution in [2.45, 2.75) is 19.8 Å². The molecule has 2 rings (SSSR count). The molecule has 0 N–H and O–H groups in total. The predicted octanol–water partition coefficient (Wildman–Crippen LogP) is 1.72. The molecule has 1 amide bonds. The van der Waals surface area contributed by atoms with Crippen LogP contribution in [-0.2, 0) is 9.59 Å². The van der Waals surface area contributed by atoms with Gasteiger partial charge in [-0.1, -0.05) is 6.92 Å². The number of hydrogen-bond donors (Lipinski definition) is 0. The Bertz CT molecular complexity index is 539. The Kier molecular flexibility index (Phi) is 3.23. The largest absolute Gasteiger partial charge is 0.299 e. The Labute approximate surface area is 103 Å². The Morgan fingerprint density at radius 1 is 1.33 bits per heavy atom. The molecule has 1 heterocycles. The highest BCUT2D eigenvalue weighted by Gasteiger charge is 2.36. The van der Waals surface area contributed by atoms with Crippen LogP contribution in [0, 0.1) is 5.82 Å². The van der Waals surface area contributed by atoms with Crippen LogP contribution in [0.25, 0.3) is 0 Å². The standard InChI is InChI=1S/C13H12FNO3/c1-2-3-9(16)7-15-11-6-8(14)4-5-10(11)12(17)13(15)18/h4-6H,2-3,7H2,1H3. The van der Waals surface area contributed by atoms with Crippen LogP contribution in [0.5, 0.6) is 0 Å². The van der Waals surface area contributed by atoms with Crippen LogP contribution in [0.2, 0.25) is 0 Å². The van der Waals surface area contributed by atoms with Crippen LogP contribution >= 0.6 is 0 Å². The number of rotatable bonds is 4. The van der Waals surface area contributed by atoms with E-state index in [1.165, 1.54) is 6.07 Å². The van der Waals surface area contributed by atoms with Crippen molar-refractivity contribution in [1.29, 1.82) is 0 Å². The lowest BCUT2D eigenvalue weighted by Crippen LogP contribution is -2.34. The number of carbonyl (C=O) groups is 3. The van der Waals surface area contributed by atoms with E-state index in [-0.39, 0.29) is 23.6 Å². The zero-order valence-corrected chi connectivity index (χ0v) is 9.90. The number of halogens is 1. The summed E-state index contributed by atoms with van der Waals surface area (Å²) < 4.78 is 13.1. The number of ketones is 2. The molecule has 1 aliphatic rings. The minimum atomic E-state index is -0.764. The summed E-state index contributed by atoms with van der Waals surface area (Å²) in [6.07, 6.45) is 1.01. The highest BCUT2D eigenvalue weighted by molar-refractivity contribution is 6.52. The Hall–Kier alpha value is -2.04. The zero-order valence-electron chi connectivity index (χ0n) is 9.90. The number of anilines is 1. The molecule has 4 nitrogen and oxygen atoms in total. The van der Waals surface area contributed by atoms with E-state index in [2.05, 4.69) is 0 Å². The van der Waals surface area contributed by atoms with Gasteiger partial charge in [-0.05, 0) is 24.6 Å². The molecule has 5 heteroatoms. The molecule has 0 saturated heterocycles. The lowest BCUT2D eigenvalue weighted by molar-refractivity contribution is -0.120. The number of nitrogens with zero attached hydrogens (tertiary/aromatic N) is 1. The van der Waals surface area contributed by atoms with Crippen molar-refractivity contribution in [3.63, 3.8) is 0 Å². The molecule has 0 atom stereocenters. The molecule has 0 saturated carbocycles. The van der Waals surface area contributed by atoms with Gasteiger partial charge in [0, 0.05) is 6.42 Å². The first kappa shape index (κ1) is 12.4. The van der Waals surface area contributed by atoms with Gasteiger partial charge in [0.2, 0.25) is 0 Å². The highest BCUT2D eigenvalue weighted by Crippen LogP contribution is 2.29. The maximum absolute atomic E-state index is 13.1. The average Bonchev–Trinajstić information content (AvgIpc) is 2.55. The fourth-order valence-corrected chi connectivity index (χ4v) is 1.96. The molecule has 0 fully saturated rings. The van der Waals surface area contributed by atoms with E-state index >= 15 is 0 Å². The van der Waals surface area contributed by atoms with Gasteiger partial charge in [-0.2, -0.15) is 0 Å². The molecule has 18 heavy (non-hydrogen) atoms. The summed E-state index contributed by atoms with van der Waals surface area (Å²) >= 11 is 0. The molecule has 1 aromatic carbocycles. The molecule has 1 aliphatic heterocycles. The third-order valence-electron chi connectivity index (χ3n) is 2.80. The van der Waals surface area contributed by atoms with Gasteiger partial charge in [0.15, 0.2) is 5.78 Å². The first-order valence-electron chi connectivity index (χ1n) is 5.72. The van der Waals surface area contributed by atoms with Gasteiger partial charge in [0.25, 0.3) is 11.7 Å². The van der Waals surface area contributed by atoms with Gasteiger partial charge < -0.3 is 0 Å². The van der Waals surface area contributed by atoms with E-state index in [4.69, 9.17) is 0 Å². The summed E-state index contributed by atoms with van der Waals surface area (Å²) in [4.78, 5) is 35.9. The second kappa shape index (κ2) is 4.68. The lowest BCUT2D eigenvalue weighted by Gasteiger charge is -2.15. The van der Waals surface area contributed by atoms with Gasteiger partial charge in [0.1, 0.15) is 5.82 Å². The Morgan fingerprint density at radius 2 is 2.06 bits per heavy atom. The molecule has 94 valence electrons. The van der Waals surface area contributed by atoms with Crippen molar-refractivity contribution < 1.29 is 18.8 Å². The highest BCUT2D eigenvalue weighted by atomic mass is 19.1. The van der Waals surface area contributed by atoms with Crippen molar-refractivity contribution in [2.24, 2.45) is 0 Å². The average molecular weight is 249 g/mol. The molecule has 0 unspecified atom stereocenters. The molecule has 0 spiro atoms. The second-order valence-electron chi connectivity index (χ2n) is 4.17. The van der Waals surface area contributed by atoms with Gasteiger partial charge in [-0.3, -0.25) is 19.3 Å². The number of Topliss-reactive ketones (excluding diaryl/α,β-unsaturated/α-hetero) is 2. The molecule has 1 aromatic rings.